The normalized spacial score (nSPS) is 18.2. The van der Waals surface area contributed by atoms with Gasteiger partial charge in [-0.2, -0.15) is 0 Å². The van der Waals surface area contributed by atoms with E-state index in [9.17, 15) is 9.90 Å². The van der Waals surface area contributed by atoms with Gasteiger partial charge in [0.25, 0.3) is 0 Å². The van der Waals surface area contributed by atoms with E-state index in [1.54, 1.807) is 13.2 Å². The molecule has 2 aliphatic rings. The summed E-state index contributed by atoms with van der Waals surface area (Å²) in [5.41, 5.74) is 3.60. The smallest absolute Gasteiger partial charge is 0.231 e. The zero-order valence-corrected chi connectivity index (χ0v) is 19.3. The molecule has 1 aromatic heterocycles. The maximum Gasteiger partial charge on any atom is 0.231 e. The van der Waals surface area contributed by atoms with Gasteiger partial charge in [0.1, 0.15) is 17.2 Å². The van der Waals surface area contributed by atoms with Gasteiger partial charge in [-0.05, 0) is 50.4 Å². The molecule has 0 saturated carbocycles. The molecular formula is C26H29N3O4. The molecule has 1 saturated heterocycles. The number of piperazine rings is 1. The highest BCUT2D eigenvalue weighted by Crippen LogP contribution is 2.37. The third-order valence-corrected chi connectivity index (χ3v) is 6.74. The van der Waals surface area contributed by atoms with Gasteiger partial charge in [-0.15, -0.1) is 0 Å². The van der Waals surface area contributed by atoms with Crippen LogP contribution in [0.4, 0.5) is 0 Å². The Labute approximate surface area is 193 Å². The molecule has 3 aromatic rings. The molecular weight excluding hydrogens is 418 g/mol. The number of phenols is 1. The second-order valence-corrected chi connectivity index (χ2v) is 8.80. The van der Waals surface area contributed by atoms with E-state index in [0.29, 0.717) is 11.3 Å². The highest BCUT2D eigenvalue weighted by atomic mass is 16.5. The van der Waals surface area contributed by atoms with Crippen LogP contribution in [0.5, 0.6) is 17.2 Å². The zero-order chi connectivity index (χ0) is 23.1. The summed E-state index contributed by atoms with van der Waals surface area (Å²) in [6, 6.07) is 10.6. The Kier molecular flexibility index (Phi) is 5.60. The number of aromatic hydroxyl groups is 1. The summed E-state index contributed by atoms with van der Waals surface area (Å²) in [4.78, 5) is 17.8. The maximum absolute atomic E-state index is 12.9. The van der Waals surface area contributed by atoms with Crippen molar-refractivity contribution in [2.24, 2.45) is 0 Å². The fourth-order valence-electron chi connectivity index (χ4n) is 4.70. The number of phenolic OH excluding ortho intramolecular Hbond substituents is 1. The first kappa shape index (κ1) is 21.6. The van der Waals surface area contributed by atoms with Gasteiger partial charge in [-0.25, -0.2) is 0 Å². The number of carbonyl (C=O) groups excluding carboxylic acids is 1. The van der Waals surface area contributed by atoms with E-state index in [0.717, 1.165) is 67.2 Å². The minimum absolute atomic E-state index is 0.0734. The molecule has 2 aliphatic heterocycles. The summed E-state index contributed by atoms with van der Waals surface area (Å²) >= 11 is 0. The van der Waals surface area contributed by atoms with Crippen molar-refractivity contribution in [1.29, 1.82) is 0 Å². The molecule has 7 nitrogen and oxygen atoms in total. The van der Waals surface area contributed by atoms with Crippen molar-refractivity contribution in [2.75, 3.05) is 46.9 Å². The molecule has 1 fully saturated rings. The third-order valence-electron chi connectivity index (χ3n) is 6.74. The molecule has 0 atom stereocenters. The lowest BCUT2D eigenvalue weighted by Crippen LogP contribution is -2.45. The second-order valence-electron chi connectivity index (χ2n) is 8.80. The number of Topliss-reactive ketones (excluding diaryl/α,β-unsaturated/α-hetero) is 1. The number of hydrogen-bond acceptors (Lipinski definition) is 6. The average Bonchev–Trinajstić information content (AvgIpc) is 3.26. The fraction of sp³-hybridized carbons (Fsp3) is 0.346. The summed E-state index contributed by atoms with van der Waals surface area (Å²) in [6.45, 7) is 8.26. The van der Waals surface area contributed by atoms with Gasteiger partial charge in [0.2, 0.25) is 5.78 Å². The molecule has 33 heavy (non-hydrogen) atoms. The van der Waals surface area contributed by atoms with Gasteiger partial charge in [0, 0.05) is 67.5 Å². The van der Waals surface area contributed by atoms with Gasteiger partial charge in [-0.1, -0.05) is 0 Å². The lowest BCUT2D eigenvalue weighted by molar-refractivity contribution is 0.101. The largest absolute Gasteiger partial charge is 0.508 e. The van der Waals surface area contributed by atoms with Crippen LogP contribution in [-0.4, -0.2) is 72.1 Å². The number of benzene rings is 2. The van der Waals surface area contributed by atoms with Crippen LogP contribution in [0, 0.1) is 6.92 Å². The van der Waals surface area contributed by atoms with E-state index < -0.39 is 0 Å². The van der Waals surface area contributed by atoms with E-state index in [-0.39, 0.29) is 17.3 Å². The molecule has 7 heteroatoms. The van der Waals surface area contributed by atoms with E-state index >= 15 is 0 Å². The number of nitrogens with zero attached hydrogens (tertiary/aromatic N) is 3. The number of rotatable bonds is 5. The number of fused-ring (bicyclic) bond motifs is 2. The minimum Gasteiger partial charge on any atom is -0.508 e. The number of methoxy groups -OCH3 is 1. The van der Waals surface area contributed by atoms with Gasteiger partial charge in [0.15, 0.2) is 5.76 Å². The van der Waals surface area contributed by atoms with Crippen LogP contribution in [0.2, 0.25) is 0 Å². The van der Waals surface area contributed by atoms with E-state index in [1.165, 1.54) is 12.1 Å². The highest BCUT2D eigenvalue weighted by Gasteiger charge is 2.28. The summed E-state index contributed by atoms with van der Waals surface area (Å²) in [7, 11) is 3.82. The Morgan fingerprint density at radius 3 is 2.64 bits per heavy atom. The predicted molar refractivity (Wildman–Crippen MR) is 128 cm³/mol. The standard InChI is InChI=1S/C26H29N3O4/c1-17-21(16-25-26(31)20-6-4-18(30)14-24(20)33-25)22-15-19(32-3)5-7-23(22)29(17)13-12-28-10-8-27(2)9-11-28/h4-7,14-16,30H,8-13H2,1-3H3. The van der Waals surface area contributed by atoms with Gasteiger partial charge < -0.3 is 24.0 Å². The van der Waals surface area contributed by atoms with Gasteiger partial charge >= 0.3 is 0 Å². The number of allylic oxidation sites excluding steroid dienone is 1. The molecule has 1 N–H and O–H groups in total. The molecule has 0 unspecified atom stereocenters. The number of likely N-dealkylation sites (N-methyl/N-ethyl adjacent to an activating group) is 1. The Morgan fingerprint density at radius 1 is 1.09 bits per heavy atom. The molecule has 0 bridgehead atoms. The summed E-state index contributed by atoms with van der Waals surface area (Å²) in [5.74, 6) is 1.32. The SMILES string of the molecule is COc1ccc2c(c1)c(C=C1Oc3cc(O)ccc3C1=O)c(C)n2CCN1CCN(C)CC1. The first-order valence-corrected chi connectivity index (χ1v) is 11.3. The van der Waals surface area contributed by atoms with E-state index in [2.05, 4.69) is 34.4 Å². The molecule has 0 radical (unpaired) electrons. The first-order chi connectivity index (χ1) is 15.9. The number of carbonyl (C=O) groups is 1. The van der Waals surface area contributed by atoms with Crippen LogP contribution >= 0.6 is 0 Å². The third kappa shape index (κ3) is 3.98. The number of ether oxygens (including phenoxy) is 2. The molecule has 2 aromatic carbocycles. The molecule has 172 valence electrons. The van der Waals surface area contributed by atoms with Crippen molar-refractivity contribution < 1.29 is 19.4 Å². The topological polar surface area (TPSA) is 67.2 Å². The van der Waals surface area contributed by atoms with Crippen molar-refractivity contribution >= 4 is 22.8 Å². The van der Waals surface area contributed by atoms with Crippen molar-refractivity contribution in [3.63, 3.8) is 0 Å². The lowest BCUT2D eigenvalue weighted by atomic mass is 10.1. The van der Waals surface area contributed by atoms with Gasteiger partial charge in [-0.3, -0.25) is 9.69 Å². The van der Waals surface area contributed by atoms with Crippen molar-refractivity contribution in [3.8, 4) is 17.2 Å². The van der Waals surface area contributed by atoms with Crippen LogP contribution < -0.4 is 9.47 Å². The molecule has 0 amide bonds. The van der Waals surface area contributed by atoms with Crippen LogP contribution in [0.25, 0.3) is 17.0 Å². The maximum atomic E-state index is 12.9. The van der Waals surface area contributed by atoms with Gasteiger partial charge in [0.05, 0.1) is 12.7 Å². The monoisotopic (exact) mass is 447 g/mol. The average molecular weight is 448 g/mol. The molecule has 3 heterocycles. The molecule has 0 spiro atoms. The Hall–Kier alpha value is -3.29. The number of ketones is 1. The summed E-state index contributed by atoms with van der Waals surface area (Å²) in [6.07, 6.45) is 1.82. The van der Waals surface area contributed by atoms with Crippen LogP contribution in [0.15, 0.2) is 42.2 Å². The van der Waals surface area contributed by atoms with E-state index in [4.69, 9.17) is 9.47 Å². The second kappa shape index (κ2) is 8.57. The number of aromatic nitrogens is 1. The Morgan fingerprint density at radius 2 is 1.88 bits per heavy atom. The zero-order valence-electron chi connectivity index (χ0n) is 19.3. The van der Waals surface area contributed by atoms with Crippen molar-refractivity contribution in [3.05, 3.63) is 59.0 Å². The lowest BCUT2D eigenvalue weighted by Gasteiger charge is -2.32. The van der Waals surface area contributed by atoms with Crippen molar-refractivity contribution in [1.82, 2.24) is 14.4 Å². The first-order valence-electron chi connectivity index (χ1n) is 11.3. The number of hydrogen-bond donors (Lipinski definition) is 1. The quantitative estimate of drug-likeness (QED) is 0.604. The Bertz CT molecular complexity index is 1250. The van der Waals surface area contributed by atoms with E-state index in [1.807, 2.05) is 18.2 Å². The fourth-order valence-corrected chi connectivity index (χ4v) is 4.70. The summed E-state index contributed by atoms with van der Waals surface area (Å²) in [5, 5.41) is 10.8. The predicted octanol–water partition coefficient (Wildman–Crippen LogP) is 3.53. The molecule has 0 aliphatic carbocycles. The Balaban J connectivity index is 1.51. The van der Waals surface area contributed by atoms with Crippen molar-refractivity contribution in [2.45, 2.75) is 13.5 Å². The van der Waals surface area contributed by atoms with Crippen LogP contribution in [0.1, 0.15) is 21.6 Å². The van der Waals surface area contributed by atoms with Crippen LogP contribution in [0.3, 0.4) is 0 Å². The van der Waals surface area contributed by atoms with Crippen LogP contribution in [-0.2, 0) is 6.54 Å². The highest BCUT2D eigenvalue weighted by molar-refractivity contribution is 6.15. The summed E-state index contributed by atoms with van der Waals surface area (Å²) < 4.78 is 13.6. The molecule has 5 rings (SSSR count). The minimum atomic E-state index is -0.175.